The molecule has 1 atom stereocenters. The molecule has 1 N–H and O–H groups in total. The van der Waals surface area contributed by atoms with Gasteiger partial charge in [-0.1, -0.05) is 31.2 Å². The van der Waals surface area contributed by atoms with Crippen molar-refractivity contribution in [3.8, 4) is 0 Å². The summed E-state index contributed by atoms with van der Waals surface area (Å²) in [6.07, 6.45) is -2.83. The quantitative estimate of drug-likeness (QED) is 0.270. The molecule has 40 heavy (non-hydrogen) atoms. The number of hydrogen-bond acceptors (Lipinski definition) is 7. The van der Waals surface area contributed by atoms with Crippen molar-refractivity contribution >= 4 is 34.7 Å². The zero-order valence-electron chi connectivity index (χ0n) is 21.7. The summed E-state index contributed by atoms with van der Waals surface area (Å²) in [6.45, 7) is 2.48. The van der Waals surface area contributed by atoms with Crippen molar-refractivity contribution in [1.29, 1.82) is 0 Å². The van der Waals surface area contributed by atoms with Crippen molar-refractivity contribution in [2.24, 2.45) is 0 Å². The molecular formula is C27H29F4N5O2S2. The second-order valence-electron chi connectivity index (χ2n) is 9.54. The number of nitrogens with zero attached hydrogens (tertiary/aromatic N) is 4. The van der Waals surface area contributed by atoms with Gasteiger partial charge in [0.1, 0.15) is 24.0 Å². The maximum atomic E-state index is 13.3. The molecule has 2 aliphatic rings. The van der Waals surface area contributed by atoms with Gasteiger partial charge in [0.05, 0.1) is 16.4 Å². The minimum Gasteiger partial charge on any atom is -0.341 e. The average molecular weight is 596 g/mol. The number of likely N-dealkylation sites (tertiary alicyclic amines) is 1. The van der Waals surface area contributed by atoms with Crippen LogP contribution in [0.1, 0.15) is 77.9 Å². The molecule has 2 aliphatic heterocycles. The lowest BCUT2D eigenvalue weighted by atomic mass is 9.97. The zero-order valence-corrected chi connectivity index (χ0v) is 23.4. The predicted molar refractivity (Wildman–Crippen MR) is 146 cm³/mol. The van der Waals surface area contributed by atoms with E-state index in [0.29, 0.717) is 36.7 Å². The summed E-state index contributed by atoms with van der Waals surface area (Å²) in [7, 11) is 0. The van der Waals surface area contributed by atoms with E-state index >= 15 is 0 Å². The molecule has 4 heterocycles. The standard InChI is InChI=1S/C27H29F4N5O2S2/c1-2-39-14-17-5-3-4-6-18(17)23-12-19(34-38-23)21-15-40-27(32-21)16-7-9-35(10-8-16)24(37)13-36-22(26(30)31)11-20(33-36)25(28)29/h3-6,11-12,15-16,23,25-26,34H,2,7-10,13-14H2,1H3. The highest BCUT2D eigenvalue weighted by Gasteiger charge is 2.29. The van der Waals surface area contributed by atoms with E-state index in [-0.39, 0.29) is 12.0 Å². The van der Waals surface area contributed by atoms with Gasteiger partial charge in [-0.25, -0.2) is 22.5 Å². The first-order valence-electron chi connectivity index (χ1n) is 13.0. The summed E-state index contributed by atoms with van der Waals surface area (Å²) >= 11 is 3.42. The van der Waals surface area contributed by atoms with E-state index in [1.165, 1.54) is 5.56 Å². The van der Waals surface area contributed by atoms with Crippen LogP contribution in [0.15, 0.2) is 41.8 Å². The van der Waals surface area contributed by atoms with E-state index in [9.17, 15) is 22.4 Å². The maximum Gasteiger partial charge on any atom is 0.282 e. The Kier molecular flexibility index (Phi) is 9.11. The number of alkyl halides is 4. The van der Waals surface area contributed by atoms with Crippen molar-refractivity contribution in [1.82, 2.24) is 25.1 Å². The van der Waals surface area contributed by atoms with Gasteiger partial charge in [0.2, 0.25) is 5.91 Å². The van der Waals surface area contributed by atoms with Crippen LogP contribution in [0.25, 0.3) is 5.70 Å². The van der Waals surface area contributed by atoms with Gasteiger partial charge in [-0.15, -0.1) is 11.3 Å². The number of carbonyl (C=O) groups excluding carboxylic acids is 1. The Morgan fingerprint density at radius 2 is 1.98 bits per heavy atom. The molecule has 0 bridgehead atoms. The van der Waals surface area contributed by atoms with Crippen LogP contribution in [0.3, 0.4) is 0 Å². The van der Waals surface area contributed by atoms with Crippen LogP contribution in [0.4, 0.5) is 17.6 Å². The molecule has 5 rings (SSSR count). The number of thioether (sulfide) groups is 1. The van der Waals surface area contributed by atoms with Gasteiger partial charge in [0.25, 0.3) is 12.9 Å². The molecule has 0 saturated carbocycles. The lowest BCUT2D eigenvalue weighted by Crippen LogP contribution is -2.40. The van der Waals surface area contributed by atoms with Crippen molar-refractivity contribution in [2.75, 3.05) is 18.8 Å². The monoisotopic (exact) mass is 595 g/mol. The summed E-state index contributed by atoms with van der Waals surface area (Å²) in [5, 5.41) is 6.47. The SMILES string of the molecule is CCSCc1ccccc1C1C=C(c2csc(C3CCN(C(=O)Cn4nc(C(F)F)cc4C(F)F)CC3)n2)NO1. The van der Waals surface area contributed by atoms with Crippen LogP contribution >= 0.6 is 23.1 Å². The largest absolute Gasteiger partial charge is 0.341 e. The highest BCUT2D eigenvalue weighted by Crippen LogP contribution is 2.35. The molecule has 2 aromatic heterocycles. The first-order valence-corrected chi connectivity index (χ1v) is 15.0. The predicted octanol–water partition coefficient (Wildman–Crippen LogP) is 6.49. The van der Waals surface area contributed by atoms with Gasteiger partial charge in [-0.3, -0.25) is 19.8 Å². The molecule has 1 amide bonds. The van der Waals surface area contributed by atoms with Gasteiger partial charge in [-0.05, 0) is 41.9 Å². The number of hydroxylamine groups is 1. The Morgan fingerprint density at radius 1 is 1.20 bits per heavy atom. The number of nitrogens with one attached hydrogen (secondary N) is 1. The summed E-state index contributed by atoms with van der Waals surface area (Å²) in [5.41, 5.74) is 5.56. The maximum absolute atomic E-state index is 13.3. The van der Waals surface area contributed by atoms with Gasteiger partial charge in [0, 0.05) is 30.1 Å². The molecule has 0 spiro atoms. The molecule has 13 heteroatoms. The average Bonchev–Trinajstić information content (AvgIpc) is 3.72. The molecule has 3 aromatic rings. The number of thiazole rings is 1. The lowest BCUT2D eigenvalue weighted by molar-refractivity contribution is -0.133. The topological polar surface area (TPSA) is 72.3 Å². The molecule has 0 radical (unpaired) electrons. The number of piperidine rings is 1. The van der Waals surface area contributed by atoms with E-state index < -0.39 is 36.7 Å². The lowest BCUT2D eigenvalue weighted by Gasteiger charge is -2.31. The smallest absolute Gasteiger partial charge is 0.282 e. The number of carbonyl (C=O) groups is 1. The number of hydrogen-bond donors (Lipinski definition) is 1. The molecule has 1 saturated heterocycles. The van der Waals surface area contributed by atoms with Crippen LogP contribution in [-0.2, 0) is 21.9 Å². The molecule has 1 aromatic carbocycles. The van der Waals surface area contributed by atoms with Gasteiger partial charge in [0.15, 0.2) is 0 Å². The Hall–Kier alpha value is -2.90. The second-order valence-corrected chi connectivity index (χ2v) is 11.7. The fraction of sp³-hybridized carbons (Fsp3) is 0.444. The van der Waals surface area contributed by atoms with Gasteiger partial charge in [-0.2, -0.15) is 16.9 Å². The first-order chi connectivity index (χ1) is 19.3. The summed E-state index contributed by atoms with van der Waals surface area (Å²) in [5.74, 6) is 1.69. The Morgan fingerprint density at radius 3 is 2.70 bits per heavy atom. The molecule has 214 valence electrons. The van der Waals surface area contributed by atoms with Gasteiger partial charge >= 0.3 is 0 Å². The van der Waals surface area contributed by atoms with Crippen LogP contribution in [-0.4, -0.2) is 44.4 Å². The van der Waals surface area contributed by atoms with Crippen molar-refractivity contribution in [3.05, 3.63) is 75.0 Å². The first kappa shape index (κ1) is 28.6. The molecule has 7 nitrogen and oxygen atoms in total. The van der Waals surface area contributed by atoms with Crippen LogP contribution in [0.2, 0.25) is 0 Å². The number of aromatic nitrogens is 3. The molecular weight excluding hydrogens is 566 g/mol. The van der Waals surface area contributed by atoms with Crippen LogP contribution in [0.5, 0.6) is 0 Å². The highest BCUT2D eigenvalue weighted by molar-refractivity contribution is 7.98. The third-order valence-electron chi connectivity index (χ3n) is 6.99. The van der Waals surface area contributed by atoms with E-state index in [2.05, 4.69) is 29.6 Å². The van der Waals surface area contributed by atoms with E-state index in [1.54, 1.807) is 16.2 Å². The Balaban J connectivity index is 1.19. The number of rotatable bonds is 10. The fourth-order valence-corrected chi connectivity index (χ4v) is 6.53. The minimum absolute atomic E-state index is 0.153. The second kappa shape index (κ2) is 12.7. The fourth-order valence-electron chi connectivity index (χ4n) is 4.86. The summed E-state index contributed by atoms with van der Waals surface area (Å²) < 4.78 is 53.1. The van der Waals surface area contributed by atoms with Crippen molar-refractivity contribution in [3.63, 3.8) is 0 Å². The third kappa shape index (κ3) is 6.36. The molecule has 1 unspecified atom stereocenters. The summed E-state index contributed by atoms with van der Waals surface area (Å²) in [6, 6.07) is 8.90. The van der Waals surface area contributed by atoms with Crippen molar-refractivity contribution < 1.29 is 27.2 Å². The molecule has 1 fully saturated rings. The van der Waals surface area contributed by atoms with E-state index in [0.717, 1.165) is 33.5 Å². The number of amides is 1. The van der Waals surface area contributed by atoms with Crippen LogP contribution < -0.4 is 5.48 Å². The summed E-state index contributed by atoms with van der Waals surface area (Å²) in [4.78, 5) is 25.0. The Bertz CT molecular complexity index is 1350. The van der Waals surface area contributed by atoms with Crippen LogP contribution in [0, 0.1) is 0 Å². The molecule has 0 aliphatic carbocycles. The zero-order chi connectivity index (χ0) is 28.2. The van der Waals surface area contributed by atoms with Crippen molar-refractivity contribution in [2.45, 2.75) is 56.9 Å². The van der Waals surface area contributed by atoms with E-state index in [1.807, 2.05) is 35.4 Å². The Labute approximate surface area is 237 Å². The van der Waals surface area contributed by atoms with E-state index in [4.69, 9.17) is 9.82 Å². The third-order valence-corrected chi connectivity index (χ3v) is 8.92. The highest BCUT2D eigenvalue weighted by atomic mass is 32.2. The number of benzene rings is 1. The normalized spacial score (nSPS) is 18.0. The van der Waals surface area contributed by atoms with Gasteiger partial charge < -0.3 is 4.90 Å². The number of halogens is 4. The minimum atomic E-state index is -3.00.